The molecule has 0 bridgehead atoms. The monoisotopic (exact) mass is 302 g/mol. The van der Waals surface area contributed by atoms with E-state index in [4.69, 9.17) is 4.74 Å². The van der Waals surface area contributed by atoms with Crippen LogP contribution in [0.3, 0.4) is 0 Å². The number of nitrogens with one attached hydrogen (secondary N) is 2. The zero-order valence-corrected chi connectivity index (χ0v) is 12.9. The van der Waals surface area contributed by atoms with Crippen molar-refractivity contribution in [3.63, 3.8) is 0 Å². The second kappa shape index (κ2) is 7.62. The Bertz CT molecular complexity index is 321. The lowest BCUT2D eigenvalue weighted by molar-refractivity contribution is -0.122. The summed E-state index contributed by atoms with van der Waals surface area (Å²) >= 11 is 0. The van der Waals surface area contributed by atoms with Gasteiger partial charge in [-0.3, -0.25) is 4.79 Å². The van der Waals surface area contributed by atoms with E-state index in [-0.39, 0.29) is 18.3 Å². The van der Waals surface area contributed by atoms with Gasteiger partial charge in [0.15, 0.2) is 0 Å². The fourth-order valence-electron chi connectivity index (χ4n) is 3.93. The lowest BCUT2D eigenvalue weighted by atomic mass is 9.81. The third-order valence-electron chi connectivity index (χ3n) is 5.07. The third kappa shape index (κ3) is 3.86. The summed E-state index contributed by atoms with van der Waals surface area (Å²) in [5.74, 6) is 1.54. The molecule has 0 aromatic heterocycles. The van der Waals surface area contributed by atoms with E-state index >= 15 is 0 Å². The molecule has 20 heavy (non-hydrogen) atoms. The van der Waals surface area contributed by atoms with Gasteiger partial charge in [-0.25, -0.2) is 0 Å². The number of carbonyl (C=O) groups is 1. The number of hydrogen-bond acceptors (Lipinski definition) is 3. The Kier molecular flexibility index (Phi) is 6.12. The number of hydrogen-bond donors (Lipinski definition) is 2. The van der Waals surface area contributed by atoms with Gasteiger partial charge in [0.1, 0.15) is 0 Å². The van der Waals surface area contributed by atoms with Crippen LogP contribution in [0.2, 0.25) is 0 Å². The van der Waals surface area contributed by atoms with Gasteiger partial charge in [-0.15, -0.1) is 12.4 Å². The highest BCUT2D eigenvalue weighted by molar-refractivity contribution is 5.85. The van der Waals surface area contributed by atoms with E-state index in [9.17, 15) is 4.79 Å². The van der Waals surface area contributed by atoms with Crippen LogP contribution in [0.4, 0.5) is 0 Å². The maximum absolute atomic E-state index is 12.1. The number of rotatable bonds is 4. The van der Waals surface area contributed by atoms with Gasteiger partial charge in [-0.05, 0) is 57.5 Å². The summed E-state index contributed by atoms with van der Waals surface area (Å²) < 4.78 is 5.75. The van der Waals surface area contributed by atoms with Crippen molar-refractivity contribution in [3.05, 3.63) is 0 Å². The first-order chi connectivity index (χ1) is 9.33. The molecule has 3 rings (SSSR count). The van der Waals surface area contributed by atoms with Crippen molar-refractivity contribution in [2.24, 2.45) is 11.8 Å². The lowest BCUT2D eigenvalue weighted by Crippen LogP contribution is -2.45. The number of ether oxygens (including phenoxy) is 1. The molecule has 0 aromatic rings. The van der Waals surface area contributed by atoms with Gasteiger partial charge in [0, 0.05) is 25.0 Å². The number of fused-ring (bicyclic) bond motifs is 1. The average Bonchev–Trinajstić information content (AvgIpc) is 3.08. The van der Waals surface area contributed by atoms with Gasteiger partial charge < -0.3 is 15.4 Å². The molecule has 3 aliphatic rings. The summed E-state index contributed by atoms with van der Waals surface area (Å²) in [7, 11) is 0. The molecule has 1 aliphatic carbocycles. The molecule has 0 spiro atoms. The van der Waals surface area contributed by atoms with Crippen molar-refractivity contribution in [2.45, 2.75) is 57.1 Å². The number of carbonyl (C=O) groups excluding carboxylic acids is 1. The molecule has 4 unspecified atom stereocenters. The van der Waals surface area contributed by atoms with Crippen molar-refractivity contribution >= 4 is 18.3 Å². The van der Waals surface area contributed by atoms with Crippen LogP contribution in [0.5, 0.6) is 0 Å². The molecule has 3 fully saturated rings. The zero-order chi connectivity index (χ0) is 13.1. The first kappa shape index (κ1) is 16.1. The van der Waals surface area contributed by atoms with E-state index < -0.39 is 0 Å². The van der Waals surface area contributed by atoms with Crippen LogP contribution < -0.4 is 10.6 Å². The molecule has 4 nitrogen and oxygen atoms in total. The highest BCUT2D eigenvalue weighted by Crippen LogP contribution is 2.34. The Morgan fingerprint density at radius 3 is 2.95 bits per heavy atom. The first-order valence-electron chi connectivity index (χ1n) is 7.94. The van der Waals surface area contributed by atoms with Gasteiger partial charge in [0.05, 0.1) is 6.10 Å². The normalized spacial score (nSPS) is 36.2. The second-order valence-electron chi connectivity index (χ2n) is 6.36. The molecule has 2 aliphatic heterocycles. The summed E-state index contributed by atoms with van der Waals surface area (Å²) in [5.41, 5.74) is 0. The highest BCUT2D eigenvalue weighted by atomic mass is 35.5. The summed E-state index contributed by atoms with van der Waals surface area (Å²) in [6, 6.07) is 0.371. The molecule has 2 heterocycles. The second-order valence-corrected chi connectivity index (χ2v) is 6.36. The van der Waals surface area contributed by atoms with Gasteiger partial charge >= 0.3 is 0 Å². The molecule has 0 aromatic carbocycles. The minimum absolute atomic E-state index is 0. The number of halogens is 1. The summed E-state index contributed by atoms with van der Waals surface area (Å²) in [4.78, 5) is 12.1. The fraction of sp³-hybridized carbons (Fsp3) is 0.933. The third-order valence-corrected chi connectivity index (χ3v) is 5.07. The van der Waals surface area contributed by atoms with E-state index in [1.165, 1.54) is 19.3 Å². The molecule has 1 amide bonds. The van der Waals surface area contributed by atoms with E-state index in [1.807, 2.05) is 0 Å². The van der Waals surface area contributed by atoms with E-state index in [1.54, 1.807) is 0 Å². The minimum atomic E-state index is 0. The van der Waals surface area contributed by atoms with Crippen LogP contribution >= 0.6 is 12.4 Å². The fourth-order valence-corrected chi connectivity index (χ4v) is 3.93. The van der Waals surface area contributed by atoms with E-state index in [0.717, 1.165) is 39.0 Å². The summed E-state index contributed by atoms with van der Waals surface area (Å²) in [6.45, 7) is 3.10. The van der Waals surface area contributed by atoms with Crippen LogP contribution in [0.15, 0.2) is 0 Å². The van der Waals surface area contributed by atoms with Gasteiger partial charge in [0.25, 0.3) is 0 Å². The Morgan fingerprint density at radius 2 is 2.15 bits per heavy atom. The molecule has 4 atom stereocenters. The largest absolute Gasteiger partial charge is 0.378 e. The lowest BCUT2D eigenvalue weighted by Gasteiger charge is -2.33. The van der Waals surface area contributed by atoms with Gasteiger partial charge in [-0.2, -0.15) is 0 Å². The summed E-state index contributed by atoms with van der Waals surface area (Å²) in [5, 5.41) is 6.63. The predicted molar refractivity (Wildman–Crippen MR) is 81.1 cm³/mol. The minimum Gasteiger partial charge on any atom is -0.378 e. The molecule has 2 saturated heterocycles. The van der Waals surface area contributed by atoms with E-state index in [0.29, 0.717) is 30.4 Å². The smallest absolute Gasteiger partial charge is 0.220 e. The van der Waals surface area contributed by atoms with Crippen molar-refractivity contribution in [2.75, 3.05) is 19.7 Å². The quantitative estimate of drug-likeness (QED) is 0.833. The van der Waals surface area contributed by atoms with Crippen LogP contribution in [-0.2, 0) is 9.53 Å². The molecule has 116 valence electrons. The van der Waals surface area contributed by atoms with Gasteiger partial charge in [0.2, 0.25) is 5.91 Å². The maximum Gasteiger partial charge on any atom is 0.220 e. The van der Waals surface area contributed by atoms with Crippen LogP contribution in [0, 0.1) is 11.8 Å². The Balaban J connectivity index is 0.00000147. The molecular weight excluding hydrogens is 276 g/mol. The van der Waals surface area contributed by atoms with Crippen molar-refractivity contribution in [1.82, 2.24) is 10.6 Å². The highest BCUT2D eigenvalue weighted by Gasteiger charge is 2.38. The van der Waals surface area contributed by atoms with Crippen LogP contribution in [0.25, 0.3) is 0 Å². The van der Waals surface area contributed by atoms with Crippen molar-refractivity contribution in [1.29, 1.82) is 0 Å². The topological polar surface area (TPSA) is 50.4 Å². The molecule has 0 radical (unpaired) electrons. The summed E-state index contributed by atoms with van der Waals surface area (Å²) in [6.07, 6.45) is 8.03. The van der Waals surface area contributed by atoms with Crippen LogP contribution in [0.1, 0.15) is 44.9 Å². The predicted octanol–water partition coefficient (Wildman–Crippen LogP) is 1.87. The Labute approximate surface area is 127 Å². The maximum atomic E-state index is 12.1. The van der Waals surface area contributed by atoms with Crippen molar-refractivity contribution in [3.8, 4) is 0 Å². The zero-order valence-electron chi connectivity index (χ0n) is 12.1. The molecular formula is C15H27ClN2O2. The Hall–Kier alpha value is -0.320. The van der Waals surface area contributed by atoms with Crippen LogP contribution in [-0.4, -0.2) is 37.7 Å². The first-order valence-corrected chi connectivity index (χ1v) is 7.94. The van der Waals surface area contributed by atoms with E-state index in [2.05, 4.69) is 10.6 Å². The number of amides is 1. The van der Waals surface area contributed by atoms with Crippen molar-refractivity contribution < 1.29 is 9.53 Å². The Morgan fingerprint density at radius 1 is 1.25 bits per heavy atom. The molecule has 5 heteroatoms. The molecule has 1 saturated carbocycles. The SMILES string of the molecule is Cl.O=C(CCC1CCNC1)NC1CCCC2OCCC12. The molecule has 2 N–H and O–H groups in total. The van der Waals surface area contributed by atoms with Gasteiger partial charge in [-0.1, -0.05) is 0 Å². The standard InChI is InChI=1S/C15H26N2O2.ClH/c18-15(5-4-11-6-8-16-10-11)17-13-2-1-3-14-12(13)7-9-19-14;/h11-14,16H,1-10H2,(H,17,18);1H. The average molecular weight is 303 g/mol.